The molecule has 2 aliphatic rings. The minimum Gasteiger partial charge on any atom is -0.373 e. The van der Waals surface area contributed by atoms with Crippen molar-refractivity contribution < 1.29 is 9.53 Å². The second-order valence-corrected chi connectivity index (χ2v) is 5.14. The van der Waals surface area contributed by atoms with Crippen LogP contribution in [-0.4, -0.2) is 43.6 Å². The number of benzene rings is 1. The van der Waals surface area contributed by atoms with Crippen LogP contribution >= 0.6 is 12.4 Å². The molecule has 0 aromatic heterocycles. The van der Waals surface area contributed by atoms with Gasteiger partial charge in [0.15, 0.2) is 0 Å². The number of halogens is 1. The third-order valence-corrected chi connectivity index (χ3v) is 3.92. The first kappa shape index (κ1) is 15.3. The standard InChI is InChI=1S/C15H20N2O2.ClH/c18-15(17-8-6-16-7-9-17)11-14-13-4-2-1-3-12(13)5-10-19-14;/h1-4,14,16H,5-11H2;1H. The minimum absolute atomic E-state index is 0. The van der Waals surface area contributed by atoms with E-state index in [4.69, 9.17) is 4.74 Å². The second-order valence-electron chi connectivity index (χ2n) is 5.14. The van der Waals surface area contributed by atoms with Crippen LogP contribution in [0.2, 0.25) is 0 Å². The number of nitrogens with one attached hydrogen (secondary N) is 1. The highest BCUT2D eigenvalue weighted by Crippen LogP contribution is 2.29. The lowest BCUT2D eigenvalue weighted by atomic mass is 9.95. The molecule has 4 nitrogen and oxygen atoms in total. The molecule has 0 aliphatic carbocycles. The monoisotopic (exact) mass is 296 g/mol. The Bertz CT molecular complexity index is 461. The van der Waals surface area contributed by atoms with Crippen LogP contribution in [0, 0.1) is 0 Å². The summed E-state index contributed by atoms with van der Waals surface area (Å²) in [5.41, 5.74) is 2.52. The number of nitrogens with zero attached hydrogens (tertiary/aromatic N) is 1. The van der Waals surface area contributed by atoms with E-state index in [2.05, 4.69) is 23.5 Å². The molecule has 20 heavy (non-hydrogen) atoms. The van der Waals surface area contributed by atoms with Crippen molar-refractivity contribution in [3.8, 4) is 0 Å². The molecule has 1 unspecified atom stereocenters. The van der Waals surface area contributed by atoms with Crippen LogP contribution in [0.5, 0.6) is 0 Å². The molecular formula is C15H21ClN2O2. The second kappa shape index (κ2) is 7.07. The molecule has 1 saturated heterocycles. The molecule has 0 saturated carbocycles. The highest BCUT2D eigenvalue weighted by atomic mass is 35.5. The first-order valence-electron chi connectivity index (χ1n) is 7.02. The Balaban J connectivity index is 0.00000147. The molecule has 2 aliphatic heterocycles. The SMILES string of the molecule is Cl.O=C(CC1OCCc2ccccc21)N1CCNCC1. The highest BCUT2D eigenvalue weighted by molar-refractivity contribution is 5.85. The molecule has 3 rings (SSSR count). The fraction of sp³-hybridized carbons (Fsp3) is 0.533. The summed E-state index contributed by atoms with van der Waals surface area (Å²) in [6.07, 6.45) is 1.36. The van der Waals surface area contributed by atoms with Gasteiger partial charge in [0, 0.05) is 26.2 Å². The Morgan fingerprint density at radius 1 is 1.30 bits per heavy atom. The van der Waals surface area contributed by atoms with Gasteiger partial charge in [0.25, 0.3) is 0 Å². The van der Waals surface area contributed by atoms with E-state index < -0.39 is 0 Å². The number of carbonyl (C=O) groups is 1. The van der Waals surface area contributed by atoms with Gasteiger partial charge in [0.1, 0.15) is 0 Å². The molecule has 0 radical (unpaired) electrons. The number of rotatable bonds is 2. The van der Waals surface area contributed by atoms with Crippen molar-refractivity contribution in [1.29, 1.82) is 0 Å². The Morgan fingerprint density at radius 3 is 2.85 bits per heavy atom. The number of fused-ring (bicyclic) bond motifs is 1. The molecule has 0 spiro atoms. The van der Waals surface area contributed by atoms with Gasteiger partial charge in [0.05, 0.1) is 19.1 Å². The molecular weight excluding hydrogens is 276 g/mol. The van der Waals surface area contributed by atoms with Gasteiger partial charge in [-0.2, -0.15) is 0 Å². The average molecular weight is 297 g/mol. The Hall–Kier alpha value is -1.10. The predicted molar refractivity (Wildman–Crippen MR) is 80.2 cm³/mol. The van der Waals surface area contributed by atoms with Gasteiger partial charge in [0.2, 0.25) is 5.91 Å². The normalized spacial score (nSPS) is 21.8. The van der Waals surface area contributed by atoms with Crippen LogP contribution < -0.4 is 5.32 Å². The molecule has 1 amide bonds. The molecule has 2 heterocycles. The van der Waals surface area contributed by atoms with Crippen LogP contribution in [0.25, 0.3) is 0 Å². The van der Waals surface area contributed by atoms with Gasteiger partial charge < -0.3 is 15.0 Å². The van der Waals surface area contributed by atoms with Crippen molar-refractivity contribution in [1.82, 2.24) is 10.2 Å². The number of piperazine rings is 1. The maximum Gasteiger partial charge on any atom is 0.225 e. The quantitative estimate of drug-likeness (QED) is 0.900. The van der Waals surface area contributed by atoms with Crippen molar-refractivity contribution in [3.63, 3.8) is 0 Å². The largest absolute Gasteiger partial charge is 0.373 e. The lowest BCUT2D eigenvalue weighted by Gasteiger charge is -2.31. The molecule has 1 aromatic rings. The van der Waals surface area contributed by atoms with Gasteiger partial charge in [-0.25, -0.2) is 0 Å². The number of carbonyl (C=O) groups excluding carboxylic acids is 1. The Labute approximate surface area is 125 Å². The molecule has 1 atom stereocenters. The molecule has 110 valence electrons. The topological polar surface area (TPSA) is 41.6 Å². The van der Waals surface area contributed by atoms with Crippen molar-refractivity contribution in [2.24, 2.45) is 0 Å². The zero-order chi connectivity index (χ0) is 13.1. The van der Waals surface area contributed by atoms with Crippen LogP contribution in [0.3, 0.4) is 0 Å². The molecule has 1 N–H and O–H groups in total. The van der Waals surface area contributed by atoms with E-state index in [0.29, 0.717) is 6.42 Å². The fourth-order valence-corrected chi connectivity index (χ4v) is 2.85. The molecule has 1 aromatic carbocycles. The average Bonchev–Trinajstić information content (AvgIpc) is 2.48. The van der Waals surface area contributed by atoms with Gasteiger partial charge in [-0.3, -0.25) is 4.79 Å². The highest BCUT2D eigenvalue weighted by Gasteiger charge is 2.25. The van der Waals surface area contributed by atoms with E-state index in [1.54, 1.807) is 0 Å². The Morgan fingerprint density at radius 2 is 2.05 bits per heavy atom. The van der Waals surface area contributed by atoms with E-state index in [0.717, 1.165) is 39.2 Å². The van der Waals surface area contributed by atoms with Crippen molar-refractivity contribution in [3.05, 3.63) is 35.4 Å². The Kier molecular flexibility index (Phi) is 5.40. The smallest absolute Gasteiger partial charge is 0.225 e. The maximum absolute atomic E-state index is 12.3. The number of hydrogen-bond donors (Lipinski definition) is 1. The fourth-order valence-electron chi connectivity index (χ4n) is 2.85. The van der Waals surface area contributed by atoms with Crippen LogP contribution in [0.4, 0.5) is 0 Å². The number of ether oxygens (including phenoxy) is 1. The minimum atomic E-state index is -0.0627. The first-order chi connectivity index (χ1) is 9.34. The molecule has 0 bridgehead atoms. The molecule has 1 fully saturated rings. The lowest BCUT2D eigenvalue weighted by Crippen LogP contribution is -2.46. The van der Waals surface area contributed by atoms with Crippen molar-refractivity contribution >= 4 is 18.3 Å². The summed E-state index contributed by atoms with van der Waals surface area (Å²) in [4.78, 5) is 14.2. The van der Waals surface area contributed by atoms with E-state index >= 15 is 0 Å². The van der Waals surface area contributed by atoms with Crippen LogP contribution in [0.1, 0.15) is 23.7 Å². The van der Waals surface area contributed by atoms with E-state index in [-0.39, 0.29) is 24.4 Å². The summed E-state index contributed by atoms with van der Waals surface area (Å²) in [6.45, 7) is 4.14. The van der Waals surface area contributed by atoms with Gasteiger partial charge in [-0.05, 0) is 17.5 Å². The molecule has 5 heteroatoms. The van der Waals surface area contributed by atoms with E-state index in [1.165, 1.54) is 11.1 Å². The first-order valence-corrected chi connectivity index (χ1v) is 7.02. The lowest BCUT2D eigenvalue weighted by molar-refractivity contribution is -0.135. The van der Waals surface area contributed by atoms with Crippen LogP contribution in [0.15, 0.2) is 24.3 Å². The van der Waals surface area contributed by atoms with Gasteiger partial charge >= 0.3 is 0 Å². The summed E-state index contributed by atoms with van der Waals surface area (Å²) in [7, 11) is 0. The van der Waals surface area contributed by atoms with Gasteiger partial charge in [-0.15, -0.1) is 12.4 Å². The van der Waals surface area contributed by atoms with Crippen molar-refractivity contribution in [2.45, 2.75) is 18.9 Å². The summed E-state index contributed by atoms with van der Waals surface area (Å²) in [5.74, 6) is 0.211. The van der Waals surface area contributed by atoms with E-state index in [9.17, 15) is 4.79 Å². The van der Waals surface area contributed by atoms with Crippen molar-refractivity contribution in [2.75, 3.05) is 32.8 Å². The summed E-state index contributed by atoms with van der Waals surface area (Å²) in [6, 6.07) is 8.31. The predicted octanol–water partition coefficient (Wildman–Crippen LogP) is 1.54. The number of hydrogen-bond acceptors (Lipinski definition) is 3. The maximum atomic E-state index is 12.3. The summed E-state index contributed by atoms with van der Waals surface area (Å²) in [5, 5.41) is 3.26. The third kappa shape index (κ3) is 3.32. The van der Waals surface area contributed by atoms with Gasteiger partial charge in [-0.1, -0.05) is 24.3 Å². The third-order valence-electron chi connectivity index (χ3n) is 3.92. The van der Waals surface area contributed by atoms with E-state index in [1.807, 2.05) is 11.0 Å². The summed E-state index contributed by atoms with van der Waals surface area (Å²) < 4.78 is 5.80. The number of amides is 1. The zero-order valence-electron chi connectivity index (χ0n) is 11.5. The van der Waals surface area contributed by atoms with Crippen LogP contribution in [-0.2, 0) is 16.0 Å². The zero-order valence-corrected chi connectivity index (χ0v) is 12.3. The summed E-state index contributed by atoms with van der Waals surface area (Å²) >= 11 is 0.